The molecule has 198 valence electrons. The topological polar surface area (TPSA) is 88.3 Å². The average molecular weight is 561 g/mol. The Morgan fingerprint density at radius 2 is 2.03 bits per heavy atom. The monoisotopic (exact) mass is 560 g/mol. The van der Waals surface area contributed by atoms with Crippen molar-refractivity contribution in [2.75, 3.05) is 20.1 Å². The summed E-state index contributed by atoms with van der Waals surface area (Å²) in [5.74, 6) is 2.89. The quantitative estimate of drug-likeness (QED) is 0.431. The molecule has 8 nitrogen and oxygen atoms in total. The molecule has 3 aliphatic rings. The number of pyridine rings is 1. The maximum atomic E-state index is 12.8. The van der Waals surface area contributed by atoms with Gasteiger partial charge in [-0.15, -0.1) is 4.72 Å². The molecule has 4 heterocycles. The molecule has 1 N–H and O–H groups in total. The number of fused-ring (bicyclic) bond motifs is 1. The summed E-state index contributed by atoms with van der Waals surface area (Å²) in [4.78, 5) is 22.4. The number of aliphatic imine (C=N–C) groups is 1. The second-order valence-corrected chi connectivity index (χ2v) is 14.4. The lowest BCUT2D eigenvalue weighted by molar-refractivity contribution is 0.122. The molecule has 0 amide bonds. The number of likely N-dealkylation sites (tertiary alicyclic amines) is 1. The predicted molar refractivity (Wildman–Crippen MR) is 150 cm³/mol. The molecule has 0 aromatic carbocycles. The zero-order valence-corrected chi connectivity index (χ0v) is 24.0. The Morgan fingerprint density at radius 3 is 2.73 bits per heavy atom. The van der Waals surface area contributed by atoms with E-state index < -0.39 is 11.4 Å². The first kappa shape index (κ1) is 26.7. The van der Waals surface area contributed by atoms with E-state index in [1.165, 1.54) is 11.8 Å². The largest absolute Gasteiger partial charge is 0.598 e. The predicted octanol–water partition coefficient (Wildman–Crippen LogP) is 4.62. The van der Waals surface area contributed by atoms with Gasteiger partial charge in [0.25, 0.3) is 0 Å². The molecule has 1 saturated carbocycles. The van der Waals surface area contributed by atoms with Gasteiger partial charge in [-0.25, -0.2) is 14.3 Å². The molecular weight excluding hydrogens is 528 g/mol. The Kier molecular flexibility index (Phi) is 7.44. The van der Waals surface area contributed by atoms with Crippen LogP contribution in [0.5, 0.6) is 0 Å². The summed E-state index contributed by atoms with van der Waals surface area (Å²) >= 11 is 6.94. The van der Waals surface area contributed by atoms with Crippen LogP contribution in [0.4, 0.5) is 0 Å². The Balaban J connectivity index is 1.31. The van der Waals surface area contributed by atoms with Gasteiger partial charge in [-0.2, -0.15) is 5.10 Å². The fraction of sp³-hybridized carbons (Fsp3) is 0.538. The van der Waals surface area contributed by atoms with Gasteiger partial charge in [0, 0.05) is 48.8 Å². The highest BCUT2D eigenvalue weighted by Gasteiger charge is 2.48. The van der Waals surface area contributed by atoms with E-state index in [2.05, 4.69) is 20.7 Å². The number of carbonyl (C=O) groups excluding carboxylic acids is 1. The second-order valence-electron chi connectivity index (χ2n) is 11.0. The van der Waals surface area contributed by atoms with E-state index in [0.29, 0.717) is 15.6 Å². The van der Waals surface area contributed by atoms with E-state index in [4.69, 9.17) is 16.6 Å². The summed E-state index contributed by atoms with van der Waals surface area (Å²) < 4.78 is 17.7. The van der Waals surface area contributed by atoms with Crippen molar-refractivity contribution in [3.05, 3.63) is 46.4 Å². The van der Waals surface area contributed by atoms with Crippen molar-refractivity contribution in [2.45, 2.75) is 68.6 Å². The van der Waals surface area contributed by atoms with Gasteiger partial charge in [-0.05, 0) is 64.0 Å². The number of thioether (sulfide) groups is 1. The average Bonchev–Trinajstić information content (AvgIpc) is 3.49. The van der Waals surface area contributed by atoms with E-state index in [1.807, 2.05) is 51.0 Å². The van der Waals surface area contributed by atoms with Crippen LogP contribution in [-0.4, -0.2) is 66.8 Å². The summed E-state index contributed by atoms with van der Waals surface area (Å²) in [6.45, 7) is 7.73. The molecule has 2 aromatic rings. The maximum Gasteiger partial charge on any atom is 0.206 e. The molecule has 2 fully saturated rings. The normalized spacial score (nSPS) is 22.9. The van der Waals surface area contributed by atoms with Gasteiger partial charge >= 0.3 is 0 Å². The third-order valence-electron chi connectivity index (χ3n) is 7.72. The van der Waals surface area contributed by atoms with Gasteiger partial charge in [0.05, 0.1) is 27.7 Å². The molecule has 5 rings (SSSR count). The van der Waals surface area contributed by atoms with Crippen LogP contribution in [0.3, 0.4) is 0 Å². The van der Waals surface area contributed by atoms with Crippen molar-refractivity contribution in [2.24, 2.45) is 10.4 Å². The van der Waals surface area contributed by atoms with E-state index in [-0.39, 0.29) is 16.2 Å². The first-order valence-electron chi connectivity index (χ1n) is 12.6. The third kappa shape index (κ3) is 5.07. The molecule has 2 atom stereocenters. The van der Waals surface area contributed by atoms with Crippen LogP contribution < -0.4 is 4.72 Å². The standard InChI is InChI=1S/C26H33ClN6O2S2/c1-25(2,3)37(35)30-22-6-5-9-26(22)10-14-32(15-11-26)24-28-16-21(19(17-34)31(24)4)36-20-8-13-33-18(23(20)27)7-12-29-33/h7-8,12-13,16,22,30H,5-6,9-11,14-15H2,1-4H3/t22-,37-/m1/s1. The minimum Gasteiger partial charge on any atom is -0.598 e. The molecule has 1 saturated heterocycles. The van der Waals surface area contributed by atoms with Crippen molar-refractivity contribution in [1.29, 1.82) is 0 Å². The molecule has 2 aliphatic heterocycles. The summed E-state index contributed by atoms with van der Waals surface area (Å²) in [5, 5.41) is 4.80. The van der Waals surface area contributed by atoms with E-state index >= 15 is 0 Å². The number of hydrogen-bond acceptors (Lipinski definition) is 8. The number of aromatic nitrogens is 2. The van der Waals surface area contributed by atoms with Gasteiger partial charge in [-0.1, -0.05) is 29.8 Å². The molecule has 0 unspecified atom stereocenters. The SMILES string of the molecule is CN1C(=C=O)C(Sc2ccn3nccc3c2Cl)=CN=C1N1CCC2(CCC[C@H]2N[S@+]([O-])C(C)(C)C)CC1. The Bertz CT molecular complexity index is 1290. The molecule has 0 bridgehead atoms. The molecule has 1 aliphatic carbocycles. The lowest BCUT2D eigenvalue weighted by atomic mass is 9.74. The smallest absolute Gasteiger partial charge is 0.206 e. The van der Waals surface area contributed by atoms with Gasteiger partial charge < -0.3 is 14.4 Å². The van der Waals surface area contributed by atoms with Gasteiger partial charge in [0.1, 0.15) is 10.4 Å². The first-order chi connectivity index (χ1) is 17.6. The van der Waals surface area contributed by atoms with E-state index in [1.54, 1.807) is 16.9 Å². The van der Waals surface area contributed by atoms with Crippen LogP contribution in [0.2, 0.25) is 5.02 Å². The van der Waals surface area contributed by atoms with Crippen LogP contribution in [0.15, 0.2) is 51.2 Å². The Labute approximate surface area is 230 Å². The molecule has 1 spiro atoms. The molecule has 37 heavy (non-hydrogen) atoms. The fourth-order valence-corrected chi connectivity index (χ4v) is 7.79. The highest BCUT2D eigenvalue weighted by molar-refractivity contribution is 8.03. The number of rotatable bonds is 4. The van der Waals surface area contributed by atoms with Crippen LogP contribution >= 0.6 is 23.4 Å². The van der Waals surface area contributed by atoms with Gasteiger partial charge in [0.2, 0.25) is 5.96 Å². The minimum absolute atomic E-state index is 0.161. The summed E-state index contributed by atoms with van der Waals surface area (Å²) in [6.07, 6.45) is 10.7. The molecule has 0 radical (unpaired) electrons. The molecular formula is C26H33ClN6O2S2. The summed E-state index contributed by atoms with van der Waals surface area (Å²) in [6, 6.07) is 4.01. The third-order valence-corrected chi connectivity index (χ3v) is 10.9. The Hall–Kier alpha value is -1.94. The number of piperidine rings is 1. The minimum atomic E-state index is -1.07. The van der Waals surface area contributed by atoms with Crippen LogP contribution in [0.25, 0.3) is 5.52 Å². The maximum absolute atomic E-state index is 12.8. The van der Waals surface area contributed by atoms with Gasteiger partial charge in [0.15, 0.2) is 5.94 Å². The van der Waals surface area contributed by atoms with Crippen LogP contribution in [-0.2, 0) is 16.2 Å². The zero-order chi connectivity index (χ0) is 26.4. The number of guanidine groups is 1. The van der Waals surface area contributed by atoms with Crippen molar-refractivity contribution in [3.63, 3.8) is 0 Å². The lowest BCUT2D eigenvalue weighted by Gasteiger charge is -2.45. The Morgan fingerprint density at radius 1 is 1.27 bits per heavy atom. The summed E-state index contributed by atoms with van der Waals surface area (Å²) in [7, 11) is 1.87. The highest BCUT2D eigenvalue weighted by Crippen LogP contribution is 2.47. The van der Waals surface area contributed by atoms with E-state index in [0.717, 1.165) is 61.6 Å². The first-order valence-corrected chi connectivity index (χ1v) is 15.0. The zero-order valence-electron chi connectivity index (χ0n) is 21.7. The van der Waals surface area contributed by atoms with Crippen molar-refractivity contribution in [1.82, 2.24) is 24.1 Å². The number of halogens is 1. The van der Waals surface area contributed by atoms with E-state index in [9.17, 15) is 9.35 Å². The number of likely N-dealkylation sites (N-methyl/N-ethyl adjacent to an activating group) is 1. The number of hydrogen-bond donors (Lipinski definition) is 1. The number of nitrogens with one attached hydrogen (secondary N) is 1. The van der Waals surface area contributed by atoms with Crippen molar-refractivity contribution in [3.8, 4) is 0 Å². The molecule has 2 aromatic heterocycles. The van der Waals surface area contributed by atoms with Crippen LogP contribution in [0.1, 0.15) is 52.9 Å². The summed E-state index contributed by atoms with van der Waals surface area (Å²) in [5.41, 5.74) is 1.42. The fourth-order valence-electron chi connectivity index (χ4n) is 5.54. The van der Waals surface area contributed by atoms with Crippen molar-refractivity contribution >= 4 is 52.1 Å². The van der Waals surface area contributed by atoms with Crippen molar-refractivity contribution < 1.29 is 9.35 Å². The lowest BCUT2D eigenvalue weighted by Crippen LogP contribution is -2.55. The molecule has 11 heteroatoms. The highest BCUT2D eigenvalue weighted by atomic mass is 35.5. The van der Waals surface area contributed by atoms with Gasteiger partial charge in [-0.3, -0.25) is 0 Å². The second kappa shape index (κ2) is 10.3. The number of nitrogens with zero attached hydrogens (tertiary/aromatic N) is 5. The van der Waals surface area contributed by atoms with Crippen LogP contribution in [0, 0.1) is 5.41 Å².